The molecule has 0 fully saturated rings. The van der Waals surface area contributed by atoms with Gasteiger partial charge in [-0.3, -0.25) is 4.79 Å². The number of aliphatic hydroxyl groups is 1. The minimum absolute atomic E-state index is 0.0994. The van der Waals surface area contributed by atoms with Gasteiger partial charge in [-0.15, -0.1) is 0 Å². The van der Waals surface area contributed by atoms with Crippen molar-refractivity contribution in [3.05, 3.63) is 0 Å². The second kappa shape index (κ2) is 5.98. The van der Waals surface area contributed by atoms with Gasteiger partial charge in [0.05, 0.1) is 12.5 Å². The minimum atomic E-state index is -0.817. The standard InChI is InChI=1S/C10H21NO3/c1-10(2,3)6-8(12)7-11-5-4-9(13)14/h8,11-12H,4-7H2,1-3H3,(H,13,14). The molecule has 0 spiro atoms. The van der Waals surface area contributed by atoms with Crippen molar-refractivity contribution in [2.24, 2.45) is 5.41 Å². The Morgan fingerprint density at radius 2 is 2.00 bits per heavy atom. The zero-order valence-corrected chi connectivity index (χ0v) is 9.21. The van der Waals surface area contributed by atoms with Gasteiger partial charge in [0.25, 0.3) is 0 Å². The normalized spacial score (nSPS) is 14.0. The SMILES string of the molecule is CC(C)(C)CC(O)CNCCC(=O)O. The molecule has 0 aliphatic carbocycles. The zero-order chi connectivity index (χ0) is 11.2. The van der Waals surface area contributed by atoms with Crippen LogP contribution in [0.5, 0.6) is 0 Å². The lowest BCUT2D eigenvalue weighted by Crippen LogP contribution is -2.31. The molecular weight excluding hydrogens is 182 g/mol. The minimum Gasteiger partial charge on any atom is -0.481 e. The molecule has 0 aliphatic heterocycles. The average molecular weight is 203 g/mol. The molecule has 1 atom stereocenters. The van der Waals surface area contributed by atoms with E-state index in [-0.39, 0.29) is 11.8 Å². The molecule has 0 aromatic heterocycles. The maximum atomic E-state index is 10.2. The summed E-state index contributed by atoms with van der Waals surface area (Å²) >= 11 is 0. The molecule has 84 valence electrons. The molecule has 1 unspecified atom stereocenters. The van der Waals surface area contributed by atoms with E-state index in [9.17, 15) is 9.90 Å². The molecule has 0 radical (unpaired) electrons. The summed E-state index contributed by atoms with van der Waals surface area (Å²) in [6, 6.07) is 0. The van der Waals surface area contributed by atoms with Crippen LogP contribution in [0.1, 0.15) is 33.6 Å². The van der Waals surface area contributed by atoms with Crippen LogP contribution in [0.25, 0.3) is 0 Å². The van der Waals surface area contributed by atoms with Gasteiger partial charge in [0.15, 0.2) is 0 Å². The first-order chi connectivity index (χ1) is 6.31. The summed E-state index contributed by atoms with van der Waals surface area (Å²) in [5, 5.41) is 20.8. The lowest BCUT2D eigenvalue weighted by Gasteiger charge is -2.22. The maximum Gasteiger partial charge on any atom is 0.304 e. The summed E-state index contributed by atoms with van der Waals surface area (Å²) in [5.41, 5.74) is 0.105. The number of nitrogens with one attached hydrogen (secondary N) is 1. The fourth-order valence-electron chi connectivity index (χ4n) is 1.24. The number of hydrogen-bond donors (Lipinski definition) is 3. The molecule has 4 heteroatoms. The first-order valence-electron chi connectivity index (χ1n) is 4.92. The number of carbonyl (C=O) groups is 1. The van der Waals surface area contributed by atoms with Crippen molar-refractivity contribution in [3.63, 3.8) is 0 Å². The van der Waals surface area contributed by atoms with Crippen molar-refractivity contribution in [2.45, 2.75) is 39.7 Å². The molecule has 0 aromatic carbocycles. The van der Waals surface area contributed by atoms with Gasteiger partial charge in [0.2, 0.25) is 0 Å². The Hall–Kier alpha value is -0.610. The Labute approximate surface area is 85.3 Å². The molecular formula is C10H21NO3. The third-order valence-electron chi connectivity index (χ3n) is 1.74. The van der Waals surface area contributed by atoms with Crippen molar-refractivity contribution in [1.82, 2.24) is 5.32 Å². The maximum absolute atomic E-state index is 10.2. The third kappa shape index (κ3) is 9.48. The predicted octanol–water partition coefficient (Wildman–Crippen LogP) is 0.848. The Morgan fingerprint density at radius 1 is 1.43 bits per heavy atom. The fraction of sp³-hybridized carbons (Fsp3) is 0.900. The largest absolute Gasteiger partial charge is 0.481 e. The molecule has 0 saturated carbocycles. The van der Waals surface area contributed by atoms with Crippen molar-refractivity contribution < 1.29 is 15.0 Å². The first kappa shape index (κ1) is 13.4. The van der Waals surface area contributed by atoms with Crippen molar-refractivity contribution in [2.75, 3.05) is 13.1 Å². The van der Waals surface area contributed by atoms with Crippen molar-refractivity contribution >= 4 is 5.97 Å². The lowest BCUT2D eigenvalue weighted by atomic mass is 9.89. The van der Waals surface area contributed by atoms with Gasteiger partial charge in [-0.1, -0.05) is 20.8 Å². The van der Waals surface area contributed by atoms with Gasteiger partial charge in [0.1, 0.15) is 0 Å². The van der Waals surface area contributed by atoms with Crippen LogP contribution in [0.2, 0.25) is 0 Å². The number of aliphatic carboxylic acids is 1. The van der Waals surface area contributed by atoms with Crippen LogP contribution in [0, 0.1) is 5.41 Å². The van der Waals surface area contributed by atoms with Crippen molar-refractivity contribution in [1.29, 1.82) is 0 Å². The van der Waals surface area contributed by atoms with Gasteiger partial charge in [-0.2, -0.15) is 0 Å². The Kier molecular flexibility index (Phi) is 5.72. The molecule has 0 heterocycles. The first-order valence-corrected chi connectivity index (χ1v) is 4.92. The summed E-state index contributed by atoms with van der Waals surface area (Å²) in [6.07, 6.45) is 0.416. The molecule has 0 aliphatic rings. The van der Waals surface area contributed by atoms with E-state index < -0.39 is 12.1 Å². The highest BCUT2D eigenvalue weighted by Crippen LogP contribution is 2.20. The summed E-state index contributed by atoms with van der Waals surface area (Å²) in [7, 11) is 0. The molecule has 0 rings (SSSR count). The Bertz CT molecular complexity index is 175. The highest BCUT2D eigenvalue weighted by molar-refractivity contribution is 5.66. The summed E-state index contributed by atoms with van der Waals surface area (Å²) in [5.74, 6) is -0.817. The van der Waals surface area contributed by atoms with Gasteiger partial charge in [-0.25, -0.2) is 0 Å². The van der Waals surface area contributed by atoms with Gasteiger partial charge >= 0.3 is 5.97 Å². The predicted molar refractivity (Wildman–Crippen MR) is 55.2 cm³/mol. The van der Waals surface area contributed by atoms with Gasteiger partial charge in [-0.05, 0) is 11.8 Å². The van der Waals surface area contributed by atoms with Gasteiger partial charge in [0, 0.05) is 13.1 Å². The zero-order valence-electron chi connectivity index (χ0n) is 9.21. The van der Waals surface area contributed by atoms with E-state index in [2.05, 4.69) is 26.1 Å². The van der Waals surface area contributed by atoms with E-state index in [1.165, 1.54) is 0 Å². The monoisotopic (exact) mass is 203 g/mol. The number of rotatable bonds is 6. The smallest absolute Gasteiger partial charge is 0.304 e. The van der Waals surface area contributed by atoms with Crippen LogP contribution >= 0.6 is 0 Å². The fourth-order valence-corrected chi connectivity index (χ4v) is 1.24. The van der Waals surface area contributed by atoms with Crippen LogP contribution in [0.15, 0.2) is 0 Å². The molecule has 4 nitrogen and oxygen atoms in total. The van der Waals surface area contributed by atoms with E-state index in [1.807, 2.05) is 0 Å². The van der Waals surface area contributed by atoms with Crippen LogP contribution in [-0.4, -0.2) is 35.4 Å². The Morgan fingerprint density at radius 3 is 2.43 bits per heavy atom. The molecule has 14 heavy (non-hydrogen) atoms. The van der Waals surface area contributed by atoms with E-state index in [0.29, 0.717) is 19.5 Å². The highest BCUT2D eigenvalue weighted by Gasteiger charge is 2.15. The second-order valence-electron chi connectivity index (χ2n) is 4.77. The van der Waals surface area contributed by atoms with E-state index in [4.69, 9.17) is 5.11 Å². The Balaban J connectivity index is 3.45. The average Bonchev–Trinajstić information content (AvgIpc) is 1.94. The van der Waals surface area contributed by atoms with Crippen LogP contribution in [0.3, 0.4) is 0 Å². The second-order valence-corrected chi connectivity index (χ2v) is 4.77. The summed E-state index contributed by atoms with van der Waals surface area (Å²) in [4.78, 5) is 10.2. The molecule has 0 saturated heterocycles. The summed E-state index contributed by atoms with van der Waals surface area (Å²) < 4.78 is 0. The highest BCUT2D eigenvalue weighted by atomic mass is 16.4. The summed E-state index contributed by atoms with van der Waals surface area (Å²) in [6.45, 7) is 7.06. The molecule has 3 N–H and O–H groups in total. The topological polar surface area (TPSA) is 69.6 Å². The van der Waals surface area contributed by atoms with E-state index in [0.717, 1.165) is 0 Å². The van der Waals surface area contributed by atoms with Crippen LogP contribution in [-0.2, 0) is 4.79 Å². The van der Waals surface area contributed by atoms with Crippen molar-refractivity contribution in [3.8, 4) is 0 Å². The van der Waals surface area contributed by atoms with Crippen LogP contribution in [0.4, 0.5) is 0 Å². The van der Waals surface area contributed by atoms with Crippen LogP contribution < -0.4 is 5.32 Å². The molecule has 0 aromatic rings. The third-order valence-corrected chi connectivity index (χ3v) is 1.74. The number of aliphatic hydroxyl groups excluding tert-OH is 1. The molecule has 0 amide bonds. The lowest BCUT2D eigenvalue weighted by molar-refractivity contribution is -0.136. The number of carboxylic acid groups (broad SMARTS) is 1. The van der Waals surface area contributed by atoms with E-state index >= 15 is 0 Å². The quantitative estimate of drug-likeness (QED) is 0.560. The number of carboxylic acids is 1. The number of hydrogen-bond acceptors (Lipinski definition) is 3. The van der Waals surface area contributed by atoms with E-state index in [1.54, 1.807) is 0 Å². The molecule has 0 bridgehead atoms. The van der Waals surface area contributed by atoms with Gasteiger partial charge < -0.3 is 15.5 Å².